The summed E-state index contributed by atoms with van der Waals surface area (Å²) in [5, 5.41) is 0. The number of nitrogens with zero attached hydrogens (tertiary/aromatic N) is 3. The van der Waals surface area contributed by atoms with Crippen molar-refractivity contribution in [2.45, 2.75) is 13.8 Å². The predicted molar refractivity (Wildman–Crippen MR) is 102 cm³/mol. The molecule has 4 rings (SSSR count). The molecule has 0 saturated heterocycles. The summed E-state index contributed by atoms with van der Waals surface area (Å²) in [6, 6.07) is 11.0. The summed E-state index contributed by atoms with van der Waals surface area (Å²) in [5.41, 5.74) is 3.41. The number of methoxy groups -OCH3 is 1. The molecule has 0 spiro atoms. The van der Waals surface area contributed by atoms with Gasteiger partial charge in [-0.05, 0) is 43.7 Å². The lowest BCUT2D eigenvalue weighted by molar-refractivity contribution is 0.404. The Morgan fingerprint density at radius 2 is 1.93 bits per heavy atom. The first kappa shape index (κ1) is 16.8. The molecule has 0 aliphatic rings. The molecule has 7 nitrogen and oxygen atoms in total. The molecular weight excluding hydrogens is 344 g/mol. The lowest BCUT2D eigenvalue weighted by Gasteiger charge is -2.11. The molecule has 0 aliphatic carbocycles. The van der Waals surface area contributed by atoms with E-state index >= 15 is 0 Å². The number of fused-ring (bicyclic) bond motifs is 1. The fourth-order valence-corrected chi connectivity index (χ4v) is 2.93. The topological polar surface area (TPSA) is 82.0 Å². The van der Waals surface area contributed by atoms with Crippen molar-refractivity contribution in [2.75, 3.05) is 7.11 Å². The molecule has 0 atom stereocenters. The Hall–Kier alpha value is -3.61. The molecule has 0 amide bonds. The summed E-state index contributed by atoms with van der Waals surface area (Å²) in [6.07, 6.45) is 3.24. The van der Waals surface area contributed by atoms with Gasteiger partial charge in [0.1, 0.15) is 11.5 Å². The first-order chi connectivity index (χ1) is 13.1. The van der Waals surface area contributed by atoms with Gasteiger partial charge in [0.25, 0.3) is 0 Å². The summed E-state index contributed by atoms with van der Waals surface area (Å²) < 4.78 is 12.7. The predicted octanol–water partition coefficient (Wildman–Crippen LogP) is 3.53. The number of pyridine rings is 2. The molecule has 0 aliphatic heterocycles. The summed E-state index contributed by atoms with van der Waals surface area (Å²) in [4.78, 5) is 23.8. The highest BCUT2D eigenvalue weighted by atomic mass is 16.5. The Labute approximate surface area is 155 Å². The minimum absolute atomic E-state index is 0.262. The zero-order chi connectivity index (χ0) is 19.0. The molecule has 4 aromatic rings. The second kappa shape index (κ2) is 6.60. The Morgan fingerprint density at radius 3 is 2.70 bits per heavy atom. The van der Waals surface area contributed by atoms with Crippen LogP contribution in [0.2, 0.25) is 0 Å². The van der Waals surface area contributed by atoms with Gasteiger partial charge in [-0.15, -0.1) is 0 Å². The SMILES string of the molecule is COc1cc(Oc2ncc(-n3c(=O)[nH]c4cccnc43)cc2C)ccc1C. The van der Waals surface area contributed by atoms with Crippen molar-refractivity contribution in [3.05, 3.63) is 70.4 Å². The van der Waals surface area contributed by atoms with Crippen LogP contribution in [0.4, 0.5) is 0 Å². The van der Waals surface area contributed by atoms with Gasteiger partial charge < -0.3 is 14.5 Å². The third kappa shape index (κ3) is 3.03. The number of H-pyrrole nitrogens is 1. The summed E-state index contributed by atoms with van der Waals surface area (Å²) in [7, 11) is 1.62. The maximum Gasteiger partial charge on any atom is 0.332 e. The van der Waals surface area contributed by atoms with E-state index in [0.717, 1.165) is 16.9 Å². The molecule has 0 fully saturated rings. The minimum atomic E-state index is -0.262. The van der Waals surface area contributed by atoms with E-state index in [4.69, 9.17) is 9.47 Å². The number of ether oxygens (including phenoxy) is 2. The van der Waals surface area contributed by atoms with Crippen molar-refractivity contribution in [3.8, 4) is 23.1 Å². The van der Waals surface area contributed by atoms with E-state index in [1.807, 2.05) is 44.2 Å². The fraction of sp³-hybridized carbons (Fsp3) is 0.150. The second-order valence-corrected chi connectivity index (χ2v) is 6.19. The fourth-order valence-electron chi connectivity index (χ4n) is 2.93. The maximum absolute atomic E-state index is 12.3. The van der Waals surface area contributed by atoms with Crippen LogP contribution in [0.25, 0.3) is 16.9 Å². The molecule has 0 radical (unpaired) electrons. The highest BCUT2D eigenvalue weighted by Crippen LogP contribution is 2.29. The molecule has 0 bridgehead atoms. The molecule has 1 aromatic carbocycles. The van der Waals surface area contributed by atoms with E-state index in [-0.39, 0.29) is 5.69 Å². The number of aryl methyl sites for hydroxylation is 2. The average molecular weight is 362 g/mol. The van der Waals surface area contributed by atoms with Crippen LogP contribution >= 0.6 is 0 Å². The normalized spacial score (nSPS) is 10.9. The lowest BCUT2D eigenvalue weighted by Crippen LogP contribution is -2.15. The van der Waals surface area contributed by atoms with Crippen LogP contribution in [0, 0.1) is 13.8 Å². The number of hydrogen-bond donors (Lipinski definition) is 1. The highest BCUT2D eigenvalue weighted by molar-refractivity contribution is 5.72. The van der Waals surface area contributed by atoms with Crippen molar-refractivity contribution in [1.82, 2.24) is 19.5 Å². The maximum atomic E-state index is 12.3. The number of hydrogen-bond acceptors (Lipinski definition) is 5. The summed E-state index contributed by atoms with van der Waals surface area (Å²) in [5.74, 6) is 1.84. The van der Waals surface area contributed by atoms with Gasteiger partial charge in [-0.1, -0.05) is 6.07 Å². The number of imidazole rings is 1. The van der Waals surface area contributed by atoms with Gasteiger partial charge in [-0.3, -0.25) is 0 Å². The Balaban J connectivity index is 1.71. The van der Waals surface area contributed by atoms with Gasteiger partial charge in [0, 0.05) is 17.8 Å². The Kier molecular flexibility index (Phi) is 4.12. The van der Waals surface area contributed by atoms with Crippen LogP contribution in [0.3, 0.4) is 0 Å². The van der Waals surface area contributed by atoms with Crippen LogP contribution in [-0.2, 0) is 0 Å². The van der Waals surface area contributed by atoms with E-state index in [1.165, 1.54) is 4.57 Å². The van der Waals surface area contributed by atoms with Gasteiger partial charge in [0.05, 0.1) is 24.5 Å². The minimum Gasteiger partial charge on any atom is -0.496 e. The zero-order valence-corrected chi connectivity index (χ0v) is 15.2. The van der Waals surface area contributed by atoms with Gasteiger partial charge >= 0.3 is 5.69 Å². The Morgan fingerprint density at radius 1 is 1.07 bits per heavy atom. The monoisotopic (exact) mass is 362 g/mol. The molecule has 27 heavy (non-hydrogen) atoms. The smallest absolute Gasteiger partial charge is 0.332 e. The zero-order valence-electron chi connectivity index (χ0n) is 15.2. The van der Waals surface area contributed by atoms with E-state index in [1.54, 1.807) is 25.6 Å². The van der Waals surface area contributed by atoms with Crippen LogP contribution in [0.1, 0.15) is 11.1 Å². The molecule has 1 N–H and O–H groups in total. The van der Waals surface area contributed by atoms with Gasteiger partial charge in [0.15, 0.2) is 5.65 Å². The van der Waals surface area contributed by atoms with E-state index in [9.17, 15) is 4.79 Å². The number of aromatic nitrogens is 4. The number of aromatic amines is 1. The lowest BCUT2D eigenvalue weighted by atomic mass is 10.2. The number of rotatable bonds is 4. The van der Waals surface area contributed by atoms with Crippen molar-refractivity contribution in [2.24, 2.45) is 0 Å². The van der Waals surface area contributed by atoms with Crippen LogP contribution in [0.15, 0.2) is 53.6 Å². The first-order valence-electron chi connectivity index (χ1n) is 8.42. The van der Waals surface area contributed by atoms with Crippen LogP contribution in [-0.4, -0.2) is 26.6 Å². The summed E-state index contributed by atoms with van der Waals surface area (Å²) >= 11 is 0. The molecule has 3 heterocycles. The second-order valence-electron chi connectivity index (χ2n) is 6.19. The average Bonchev–Trinajstić information content (AvgIpc) is 3.00. The molecular formula is C20H18N4O3. The molecule has 0 unspecified atom stereocenters. The van der Waals surface area contributed by atoms with Crippen molar-refractivity contribution in [3.63, 3.8) is 0 Å². The molecule has 7 heteroatoms. The van der Waals surface area contributed by atoms with Crippen molar-refractivity contribution in [1.29, 1.82) is 0 Å². The third-order valence-corrected chi connectivity index (χ3v) is 4.31. The van der Waals surface area contributed by atoms with E-state index in [2.05, 4.69) is 15.0 Å². The molecule has 0 saturated carbocycles. The van der Waals surface area contributed by atoms with Crippen molar-refractivity contribution >= 4 is 11.2 Å². The molecule has 136 valence electrons. The van der Waals surface area contributed by atoms with Crippen molar-refractivity contribution < 1.29 is 9.47 Å². The molecule has 3 aromatic heterocycles. The first-order valence-corrected chi connectivity index (χ1v) is 8.42. The van der Waals surface area contributed by atoms with E-state index < -0.39 is 0 Å². The van der Waals surface area contributed by atoms with Crippen LogP contribution in [0.5, 0.6) is 17.4 Å². The standard InChI is InChI=1S/C20H18N4O3/c1-12-6-7-15(10-17(12)26-3)27-19-13(2)9-14(11-22-19)24-18-16(23-20(24)25)5-4-8-21-18/h4-11H,1-3H3,(H,23,25). The number of nitrogens with one attached hydrogen (secondary N) is 1. The van der Waals surface area contributed by atoms with Crippen LogP contribution < -0.4 is 15.2 Å². The third-order valence-electron chi connectivity index (χ3n) is 4.31. The van der Waals surface area contributed by atoms with Gasteiger partial charge in [0.2, 0.25) is 5.88 Å². The number of benzene rings is 1. The van der Waals surface area contributed by atoms with Gasteiger partial charge in [-0.25, -0.2) is 19.3 Å². The highest BCUT2D eigenvalue weighted by Gasteiger charge is 2.12. The summed E-state index contributed by atoms with van der Waals surface area (Å²) in [6.45, 7) is 3.85. The van der Waals surface area contributed by atoms with Gasteiger partial charge in [-0.2, -0.15) is 0 Å². The van der Waals surface area contributed by atoms with E-state index in [0.29, 0.717) is 28.5 Å². The largest absolute Gasteiger partial charge is 0.496 e. The quantitative estimate of drug-likeness (QED) is 0.601. The Bertz CT molecular complexity index is 1190.